The molecule has 0 saturated carbocycles. The summed E-state index contributed by atoms with van der Waals surface area (Å²) in [6.45, 7) is 4.20. The summed E-state index contributed by atoms with van der Waals surface area (Å²) in [4.78, 5) is 4.61. The second-order valence-corrected chi connectivity index (χ2v) is 4.49. The second kappa shape index (κ2) is 4.67. The molecule has 0 fully saturated rings. The number of rotatable bonds is 2. The number of hydrogen-bond donors (Lipinski definition) is 0. The van der Waals surface area contributed by atoms with Crippen molar-refractivity contribution in [3.63, 3.8) is 0 Å². The quantitative estimate of drug-likeness (QED) is 0.740. The van der Waals surface area contributed by atoms with Gasteiger partial charge in [-0.15, -0.1) is 0 Å². The average Bonchev–Trinajstić information content (AvgIpc) is 2.30. The third-order valence-corrected chi connectivity index (χ3v) is 2.81. The van der Waals surface area contributed by atoms with E-state index in [-0.39, 0.29) is 0 Å². The van der Waals surface area contributed by atoms with Crippen molar-refractivity contribution < 1.29 is 0 Å². The highest BCUT2D eigenvalue weighted by Gasteiger charge is 2.08. The molecule has 1 heterocycles. The van der Waals surface area contributed by atoms with Gasteiger partial charge in [0.15, 0.2) is 0 Å². The molecule has 0 atom stereocenters. The minimum absolute atomic E-state index is 0.344. The van der Waals surface area contributed by atoms with E-state index in [1.54, 1.807) is 0 Å². The van der Waals surface area contributed by atoms with Gasteiger partial charge in [-0.2, -0.15) is 0 Å². The fourth-order valence-corrected chi connectivity index (χ4v) is 1.96. The van der Waals surface area contributed by atoms with E-state index in [0.717, 1.165) is 22.0 Å². The lowest BCUT2D eigenvalue weighted by atomic mass is 10.1. The Morgan fingerprint density at radius 2 is 1.69 bits per heavy atom. The van der Waals surface area contributed by atoms with Crippen molar-refractivity contribution in [1.29, 1.82) is 0 Å². The first-order valence-corrected chi connectivity index (χ1v) is 5.78. The minimum Gasteiger partial charge on any atom is -0.251 e. The van der Waals surface area contributed by atoms with E-state index >= 15 is 0 Å². The van der Waals surface area contributed by atoms with Gasteiger partial charge in [0.05, 0.1) is 16.4 Å². The molecule has 0 saturated heterocycles. The van der Waals surface area contributed by atoms with Crippen LogP contribution in [-0.2, 0) is 0 Å². The number of pyridine rings is 1. The minimum atomic E-state index is 0.344. The maximum absolute atomic E-state index is 6.12. The first kappa shape index (κ1) is 11.2. The van der Waals surface area contributed by atoms with Gasteiger partial charge in [-0.3, -0.25) is 4.98 Å². The summed E-state index contributed by atoms with van der Waals surface area (Å²) in [5.41, 5.74) is 3.07. The topological polar surface area (TPSA) is 12.9 Å². The monoisotopic (exact) mass is 231 g/mol. The second-order valence-electron chi connectivity index (χ2n) is 4.08. The van der Waals surface area contributed by atoms with Gasteiger partial charge in [0.2, 0.25) is 0 Å². The van der Waals surface area contributed by atoms with Crippen LogP contribution in [-0.4, -0.2) is 4.98 Å². The Morgan fingerprint density at radius 1 is 1.00 bits per heavy atom. The molecule has 0 aliphatic rings. The Morgan fingerprint density at radius 3 is 2.31 bits per heavy atom. The van der Waals surface area contributed by atoms with E-state index in [1.165, 1.54) is 0 Å². The summed E-state index contributed by atoms with van der Waals surface area (Å²) >= 11 is 6.12. The van der Waals surface area contributed by atoms with Gasteiger partial charge in [0, 0.05) is 5.56 Å². The number of aromatic nitrogens is 1. The van der Waals surface area contributed by atoms with Crippen LogP contribution < -0.4 is 0 Å². The van der Waals surface area contributed by atoms with Crippen LogP contribution in [0, 0.1) is 0 Å². The molecule has 0 radical (unpaired) electrons. The molecule has 1 aromatic carbocycles. The van der Waals surface area contributed by atoms with Crippen molar-refractivity contribution in [2.75, 3.05) is 0 Å². The molecule has 0 bridgehead atoms. The zero-order chi connectivity index (χ0) is 11.5. The molecule has 2 aromatic rings. The molecule has 2 rings (SSSR count). The molecule has 0 aliphatic carbocycles. The summed E-state index contributed by atoms with van der Waals surface area (Å²) in [7, 11) is 0. The van der Waals surface area contributed by atoms with Crippen molar-refractivity contribution in [3.8, 4) is 11.3 Å². The number of halogens is 1. The molecule has 1 aromatic heterocycles. The normalized spacial score (nSPS) is 10.8. The summed E-state index contributed by atoms with van der Waals surface area (Å²) in [6.07, 6.45) is 0. The van der Waals surface area contributed by atoms with Gasteiger partial charge in [-0.1, -0.05) is 55.8 Å². The van der Waals surface area contributed by atoms with Crippen molar-refractivity contribution in [3.05, 3.63) is 53.2 Å². The number of hydrogen-bond acceptors (Lipinski definition) is 1. The SMILES string of the molecule is CC(C)c1nc(-c2ccccc2)ccc1Cl. The van der Waals surface area contributed by atoms with Crippen LogP contribution in [0.5, 0.6) is 0 Å². The summed E-state index contributed by atoms with van der Waals surface area (Å²) in [5.74, 6) is 0.344. The zero-order valence-corrected chi connectivity index (χ0v) is 10.2. The molecule has 0 N–H and O–H groups in total. The highest BCUT2D eigenvalue weighted by molar-refractivity contribution is 6.31. The largest absolute Gasteiger partial charge is 0.251 e. The Balaban J connectivity index is 2.48. The van der Waals surface area contributed by atoms with Gasteiger partial charge in [-0.05, 0) is 18.1 Å². The van der Waals surface area contributed by atoms with Crippen LogP contribution >= 0.6 is 11.6 Å². The highest BCUT2D eigenvalue weighted by atomic mass is 35.5. The van der Waals surface area contributed by atoms with Crippen LogP contribution in [0.3, 0.4) is 0 Å². The summed E-state index contributed by atoms with van der Waals surface area (Å²) in [5, 5.41) is 0.745. The van der Waals surface area contributed by atoms with Crippen molar-refractivity contribution in [2.24, 2.45) is 0 Å². The molecule has 2 heteroatoms. The Bertz CT molecular complexity index is 477. The molecule has 16 heavy (non-hydrogen) atoms. The maximum Gasteiger partial charge on any atom is 0.0706 e. The van der Waals surface area contributed by atoms with E-state index in [4.69, 9.17) is 11.6 Å². The summed E-state index contributed by atoms with van der Waals surface area (Å²) in [6, 6.07) is 14.0. The molecule has 0 spiro atoms. The molecular weight excluding hydrogens is 218 g/mol. The lowest BCUT2D eigenvalue weighted by Crippen LogP contribution is -1.95. The molecule has 1 nitrogen and oxygen atoms in total. The van der Waals surface area contributed by atoms with Crippen LogP contribution in [0.2, 0.25) is 5.02 Å². The van der Waals surface area contributed by atoms with Gasteiger partial charge in [0.25, 0.3) is 0 Å². The van der Waals surface area contributed by atoms with E-state index in [9.17, 15) is 0 Å². The summed E-state index contributed by atoms with van der Waals surface area (Å²) < 4.78 is 0. The Hall–Kier alpha value is -1.34. The van der Waals surface area contributed by atoms with E-state index in [1.807, 2.05) is 30.3 Å². The van der Waals surface area contributed by atoms with Crippen molar-refractivity contribution in [1.82, 2.24) is 4.98 Å². The van der Waals surface area contributed by atoms with Gasteiger partial charge < -0.3 is 0 Å². The van der Waals surface area contributed by atoms with E-state index < -0.39 is 0 Å². The molecular formula is C14H14ClN. The molecule has 82 valence electrons. The fourth-order valence-electron chi connectivity index (χ4n) is 1.63. The zero-order valence-electron chi connectivity index (χ0n) is 9.44. The van der Waals surface area contributed by atoms with Crippen molar-refractivity contribution >= 4 is 11.6 Å². The Kier molecular flexibility index (Phi) is 3.25. The van der Waals surface area contributed by atoms with E-state index in [2.05, 4.69) is 31.0 Å². The predicted molar refractivity (Wildman–Crippen MR) is 68.8 cm³/mol. The van der Waals surface area contributed by atoms with E-state index in [0.29, 0.717) is 5.92 Å². The van der Waals surface area contributed by atoms with Crippen molar-refractivity contribution in [2.45, 2.75) is 19.8 Å². The maximum atomic E-state index is 6.12. The first-order chi connectivity index (χ1) is 7.68. The molecule has 0 aliphatic heterocycles. The van der Waals surface area contributed by atoms with Crippen LogP contribution in [0.25, 0.3) is 11.3 Å². The molecule has 0 unspecified atom stereocenters. The lowest BCUT2D eigenvalue weighted by molar-refractivity contribution is 0.825. The predicted octanol–water partition coefficient (Wildman–Crippen LogP) is 4.53. The highest BCUT2D eigenvalue weighted by Crippen LogP contribution is 2.26. The third-order valence-electron chi connectivity index (χ3n) is 2.49. The third kappa shape index (κ3) is 2.25. The average molecular weight is 232 g/mol. The fraction of sp³-hybridized carbons (Fsp3) is 0.214. The smallest absolute Gasteiger partial charge is 0.0706 e. The molecule has 0 amide bonds. The van der Waals surface area contributed by atoms with Crippen LogP contribution in [0.1, 0.15) is 25.5 Å². The Labute approximate surface area is 101 Å². The van der Waals surface area contributed by atoms with Crippen LogP contribution in [0.4, 0.5) is 0 Å². The number of benzene rings is 1. The first-order valence-electron chi connectivity index (χ1n) is 5.40. The van der Waals surface area contributed by atoms with Gasteiger partial charge in [-0.25, -0.2) is 0 Å². The van der Waals surface area contributed by atoms with Crippen LogP contribution in [0.15, 0.2) is 42.5 Å². The van der Waals surface area contributed by atoms with Gasteiger partial charge in [0.1, 0.15) is 0 Å². The lowest BCUT2D eigenvalue weighted by Gasteiger charge is -2.09. The van der Waals surface area contributed by atoms with Gasteiger partial charge >= 0.3 is 0 Å². The number of nitrogens with zero attached hydrogens (tertiary/aromatic N) is 1. The standard InChI is InChI=1S/C14H14ClN/c1-10(2)14-12(15)8-9-13(16-14)11-6-4-3-5-7-11/h3-10H,1-2H3.